The molecule has 3 saturated heterocycles. The number of likely N-dealkylation sites (N-methyl/N-ethyl adjacent to an activating group) is 7. The molecule has 3 heterocycles. The van der Waals surface area contributed by atoms with E-state index in [2.05, 4.69) is 16.0 Å². The van der Waals surface area contributed by atoms with Crippen molar-refractivity contribution in [1.82, 2.24) is 60.0 Å². The minimum atomic E-state index is -4.51. The predicted molar refractivity (Wildman–Crippen MR) is 362 cm³/mol. The monoisotopic (exact) mass is 1420 g/mol. The third-order valence-corrected chi connectivity index (χ3v) is 23.3. The zero-order valence-electron chi connectivity index (χ0n) is 60.2. The van der Waals surface area contributed by atoms with Gasteiger partial charge in [-0.25, -0.2) is 0 Å². The van der Waals surface area contributed by atoms with Crippen LogP contribution in [0.25, 0.3) is 0 Å². The zero-order chi connectivity index (χ0) is 72.8. The number of morpholine rings is 1. The van der Waals surface area contributed by atoms with Crippen LogP contribution in [0, 0.1) is 29.6 Å². The van der Waals surface area contributed by atoms with Crippen LogP contribution in [0.15, 0.2) is 0 Å². The van der Waals surface area contributed by atoms with Crippen molar-refractivity contribution in [2.45, 2.75) is 241 Å². The number of hydrogen-bond donors (Lipinski definition) is 3. The third-order valence-electron chi connectivity index (χ3n) is 22.8. The maximum absolute atomic E-state index is 15.7. The fourth-order valence-electron chi connectivity index (χ4n) is 16.2. The van der Waals surface area contributed by atoms with E-state index in [0.717, 1.165) is 66.1 Å². The number of hydrogen-bond acceptors (Lipinski definition) is 13. The summed E-state index contributed by atoms with van der Waals surface area (Å²) in [5.74, 6) is -10.6. The van der Waals surface area contributed by atoms with Crippen molar-refractivity contribution in [2.75, 3.05) is 102 Å². The lowest BCUT2D eigenvalue weighted by Gasteiger charge is -2.43. The second-order valence-electron chi connectivity index (χ2n) is 29.6. The first-order valence-corrected chi connectivity index (χ1v) is 36.9. The van der Waals surface area contributed by atoms with E-state index in [-0.39, 0.29) is 109 Å². The van der Waals surface area contributed by atoms with Gasteiger partial charge in [-0.3, -0.25) is 57.5 Å². The number of fused-ring (bicyclic) bond motifs is 1. The van der Waals surface area contributed by atoms with Crippen LogP contribution >= 0.6 is 11.6 Å². The lowest BCUT2D eigenvalue weighted by atomic mass is 9.78. The molecule has 7 aliphatic rings. The number of amides is 12. The smallest absolute Gasteiger partial charge is 0.378 e. The molecule has 0 aromatic carbocycles. The summed E-state index contributed by atoms with van der Waals surface area (Å²) in [6.07, 6.45) is 5.44. The Kier molecular flexibility index (Phi) is 29.1. The molecule has 12 amide bonds. The molecule has 4 saturated carbocycles. The summed E-state index contributed by atoms with van der Waals surface area (Å²) in [6.45, 7) is 4.42. The second-order valence-corrected chi connectivity index (χ2v) is 30.1. The SMILES string of the molecule is CC[C@H](C)[C@@H]1NC(=O)[C@H](CC)N(C)C(=O)C[C@@H](C(=O)N2CCOCC2)N(C)C(=O)[C@H](C2CCCCC2)N(C)C(=O)C2(CCCC2)NC(=O)[C@@H]2CCCN2C(=O)[C@H](CCC2CCC(C(F)(F)F)C(Cl)C2)NC(=O)CN(C)C(=O)[C@H](CC2CCCCC2)N(C)C(=O)CN(C)C(=O)CN(C)C1=O. The molecule has 0 bridgehead atoms. The molecule has 3 N–H and O–H groups in total. The summed E-state index contributed by atoms with van der Waals surface area (Å²) in [7, 11) is 9.97. The molecular weight excluding hydrogens is 1310 g/mol. The number of carbonyl (C=O) groups excluding carboxylic acids is 12. The van der Waals surface area contributed by atoms with Crippen LogP contribution in [0.2, 0.25) is 0 Å². The highest BCUT2D eigenvalue weighted by atomic mass is 35.5. The van der Waals surface area contributed by atoms with Crippen molar-refractivity contribution in [3.63, 3.8) is 0 Å². The molecule has 11 atom stereocenters. The predicted octanol–water partition coefficient (Wildman–Crippen LogP) is 4.69. The average Bonchev–Trinajstić information content (AvgIpc) is 1.50. The van der Waals surface area contributed by atoms with E-state index in [1.54, 1.807) is 13.8 Å². The molecule has 99 heavy (non-hydrogen) atoms. The fourth-order valence-corrected chi connectivity index (χ4v) is 16.8. The van der Waals surface area contributed by atoms with Crippen LogP contribution in [0.4, 0.5) is 13.2 Å². The molecule has 558 valence electrons. The van der Waals surface area contributed by atoms with Gasteiger partial charge >= 0.3 is 6.18 Å². The summed E-state index contributed by atoms with van der Waals surface area (Å²) in [6, 6.07) is -8.61. The average molecular weight is 1420 g/mol. The van der Waals surface area contributed by atoms with Crippen LogP contribution in [-0.4, -0.2) is 276 Å². The van der Waals surface area contributed by atoms with Crippen molar-refractivity contribution < 1.29 is 75.4 Å². The Bertz CT molecular complexity index is 2870. The lowest BCUT2D eigenvalue weighted by Crippen LogP contribution is -2.65. The number of rotatable bonds is 10. The van der Waals surface area contributed by atoms with Gasteiger partial charge in [0.15, 0.2) is 0 Å². The van der Waals surface area contributed by atoms with E-state index in [4.69, 9.17) is 16.3 Å². The van der Waals surface area contributed by atoms with E-state index >= 15 is 19.2 Å². The molecule has 3 aliphatic heterocycles. The van der Waals surface area contributed by atoms with Gasteiger partial charge in [0.25, 0.3) is 0 Å². The van der Waals surface area contributed by atoms with Crippen LogP contribution in [0.1, 0.15) is 181 Å². The number of alkyl halides is 4. The minimum Gasteiger partial charge on any atom is -0.378 e. The van der Waals surface area contributed by atoms with E-state index in [9.17, 15) is 51.5 Å². The number of carbonyl (C=O) groups is 12. The Hall–Kier alpha value is -6.32. The van der Waals surface area contributed by atoms with E-state index in [1.165, 1.54) is 78.7 Å². The Morgan fingerprint density at radius 3 is 1.82 bits per heavy atom. The van der Waals surface area contributed by atoms with Gasteiger partial charge in [0.1, 0.15) is 47.8 Å². The first-order valence-electron chi connectivity index (χ1n) is 36.4. The largest absolute Gasteiger partial charge is 0.393 e. The lowest BCUT2D eigenvalue weighted by molar-refractivity contribution is -0.182. The minimum absolute atomic E-state index is 0.000543. The molecule has 0 aromatic rings. The molecule has 3 unspecified atom stereocenters. The maximum atomic E-state index is 15.7. The van der Waals surface area contributed by atoms with E-state index in [0.29, 0.717) is 38.5 Å². The summed E-state index contributed by atoms with van der Waals surface area (Å²) in [4.78, 5) is 190. The topological polar surface area (TPSA) is 279 Å². The Morgan fingerprint density at radius 2 is 1.21 bits per heavy atom. The van der Waals surface area contributed by atoms with Gasteiger partial charge in [0.05, 0.1) is 45.2 Å². The van der Waals surface area contributed by atoms with Crippen LogP contribution in [-0.2, 0) is 62.3 Å². The standard InChI is InChI=1S/C70H112ClF3N12O13/c1-11-44(3)59-66(96)80(6)42-57(89)78(4)43-58(90)82(8)53(39-45-22-15-13-16-23-45)64(94)79(5)41-55(87)75-50(30-28-46-27-29-48(49(71)38-46)70(72,73)74)63(93)86-33-21-26-52(86)62(92)77-69(31-19-20-32-69)68(98)84(10)60(47-24-17-14-18-25-47)67(97)83(9)54(65(95)85-34-36-99-37-35-85)40-56(88)81(7)51(12-2)61(91)76-59/h44-54,59-60H,11-43H2,1-10H3,(H,75,87)(H,76,91)(H,77,92)/t44-,46?,48?,49?,50-,51-,52-,53-,54-,59-,60-/m0/s1. The summed E-state index contributed by atoms with van der Waals surface area (Å²) in [5.41, 5.74) is -1.56. The van der Waals surface area contributed by atoms with Gasteiger partial charge in [-0.05, 0) is 107 Å². The quantitative estimate of drug-likeness (QED) is 0.251. The summed E-state index contributed by atoms with van der Waals surface area (Å²) in [5, 5.41) is 7.55. The summed E-state index contributed by atoms with van der Waals surface area (Å²) >= 11 is 6.40. The van der Waals surface area contributed by atoms with Crippen molar-refractivity contribution in [1.29, 1.82) is 0 Å². The molecule has 25 nitrogen and oxygen atoms in total. The molecule has 29 heteroatoms. The first kappa shape index (κ1) is 80.0. The van der Waals surface area contributed by atoms with Gasteiger partial charge in [-0.2, -0.15) is 13.2 Å². The van der Waals surface area contributed by atoms with Crippen molar-refractivity contribution in [3.8, 4) is 0 Å². The number of nitrogens with zero attached hydrogens (tertiary/aromatic N) is 9. The van der Waals surface area contributed by atoms with E-state index in [1.807, 2.05) is 6.92 Å². The molecule has 4 aliphatic carbocycles. The van der Waals surface area contributed by atoms with Crippen LogP contribution < -0.4 is 16.0 Å². The Morgan fingerprint density at radius 1 is 0.606 bits per heavy atom. The molecular formula is C70H112ClF3N12O13. The van der Waals surface area contributed by atoms with E-state index < -0.39 is 174 Å². The molecule has 7 rings (SSSR count). The highest BCUT2D eigenvalue weighted by molar-refractivity contribution is 6.21. The van der Waals surface area contributed by atoms with Crippen molar-refractivity contribution >= 4 is 82.5 Å². The molecule has 7 fully saturated rings. The molecule has 1 spiro atoms. The normalized spacial score (nSPS) is 30.2. The number of halogens is 4. The van der Waals surface area contributed by atoms with Gasteiger partial charge < -0.3 is 64.8 Å². The fraction of sp³-hybridized carbons (Fsp3) is 0.829. The number of nitrogens with one attached hydrogen (secondary N) is 3. The highest BCUT2D eigenvalue weighted by Gasteiger charge is 2.52. The Balaban J connectivity index is 1.26. The molecule has 0 radical (unpaired) electrons. The zero-order valence-corrected chi connectivity index (χ0v) is 60.9. The van der Waals surface area contributed by atoms with Gasteiger partial charge in [0, 0.05) is 74.3 Å². The number of ether oxygens (including phenoxy) is 1. The molecule has 0 aromatic heterocycles. The van der Waals surface area contributed by atoms with Gasteiger partial charge in [0.2, 0.25) is 70.9 Å². The van der Waals surface area contributed by atoms with Crippen molar-refractivity contribution in [3.05, 3.63) is 0 Å². The van der Waals surface area contributed by atoms with Gasteiger partial charge in [-0.1, -0.05) is 91.4 Å². The highest BCUT2D eigenvalue weighted by Crippen LogP contribution is 2.44. The van der Waals surface area contributed by atoms with Crippen LogP contribution in [0.3, 0.4) is 0 Å². The Labute approximate surface area is 587 Å². The maximum Gasteiger partial charge on any atom is 0.393 e. The second kappa shape index (κ2) is 36.0. The first-order chi connectivity index (χ1) is 46.8. The van der Waals surface area contributed by atoms with Gasteiger partial charge in [-0.15, -0.1) is 11.6 Å². The van der Waals surface area contributed by atoms with Crippen LogP contribution in [0.5, 0.6) is 0 Å². The third kappa shape index (κ3) is 20.1. The van der Waals surface area contributed by atoms with Crippen molar-refractivity contribution in [2.24, 2.45) is 29.6 Å². The summed E-state index contributed by atoms with van der Waals surface area (Å²) < 4.78 is 47.6.